The van der Waals surface area contributed by atoms with Crippen LogP contribution in [-0.2, 0) is 13.0 Å². The molecule has 2 aromatic carbocycles. The lowest BCUT2D eigenvalue weighted by molar-refractivity contribution is 0.0660. The third-order valence-electron chi connectivity index (χ3n) is 5.42. The number of nitrogens with zero attached hydrogens (tertiary/aromatic N) is 2. The monoisotopic (exact) mass is 427 g/mol. The van der Waals surface area contributed by atoms with E-state index in [0.717, 1.165) is 6.07 Å². The third kappa shape index (κ3) is 3.59. The molecular weight excluding hydrogens is 408 g/mol. The summed E-state index contributed by atoms with van der Waals surface area (Å²) in [7, 11) is 0. The van der Waals surface area contributed by atoms with Gasteiger partial charge < -0.3 is 10.6 Å². The summed E-state index contributed by atoms with van der Waals surface area (Å²) in [5.41, 5.74) is 9.43. The Morgan fingerprint density at radius 2 is 2.03 bits per heavy atom. The quantitative estimate of drug-likeness (QED) is 0.664. The van der Waals surface area contributed by atoms with Gasteiger partial charge in [0.2, 0.25) is 5.91 Å². The number of hydrogen-bond donors (Lipinski definition) is 1. The zero-order chi connectivity index (χ0) is 21.4. The van der Waals surface area contributed by atoms with E-state index in [2.05, 4.69) is 4.98 Å². The first-order valence-corrected chi connectivity index (χ1v) is 10.3. The van der Waals surface area contributed by atoms with E-state index in [0.29, 0.717) is 45.7 Å². The number of benzene rings is 2. The Balaban J connectivity index is 1.80. The molecule has 8 heteroatoms. The molecule has 5 nitrogen and oxygen atoms in total. The molecule has 1 atom stereocenters. The molecular formula is C22H19F2N3O2S. The van der Waals surface area contributed by atoms with E-state index in [1.54, 1.807) is 41.6 Å². The van der Waals surface area contributed by atoms with Gasteiger partial charge in [0, 0.05) is 18.2 Å². The Kier molecular flexibility index (Phi) is 5.34. The normalized spacial score (nSPS) is 15.1. The van der Waals surface area contributed by atoms with Crippen LogP contribution in [0.5, 0.6) is 0 Å². The van der Waals surface area contributed by atoms with Gasteiger partial charge in [0.15, 0.2) is 0 Å². The van der Waals surface area contributed by atoms with Crippen molar-refractivity contribution in [3.63, 3.8) is 0 Å². The molecule has 1 aromatic heterocycles. The van der Waals surface area contributed by atoms with E-state index >= 15 is 0 Å². The van der Waals surface area contributed by atoms with E-state index in [1.165, 1.54) is 17.4 Å². The summed E-state index contributed by atoms with van der Waals surface area (Å²) in [6, 6.07) is 8.39. The number of carbonyl (C=O) groups excluding carboxylic acids is 2. The zero-order valence-corrected chi connectivity index (χ0v) is 17.0. The molecule has 3 aromatic rings. The highest BCUT2D eigenvalue weighted by molar-refractivity contribution is 7.11. The number of aryl methyl sites for hydroxylation is 1. The molecule has 1 aliphatic carbocycles. The number of carbonyl (C=O) groups is 2. The lowest BCUT2D eigenvalue weighted by atomic mass is 10.0. The fourth-order valence-corrected chi connectivity index (χ4v) is 4.75. The minimum atomic E-state index is -0.683. The van der Waals surface area contributed by atoms with Gasteiger partial charge in [0.1, 0.15) is 16.5 Å². The fourth-order valence-electron chi connectivity index (χ4n) is 3.99. The van der Waals surface area contributed by atoms with Crippen molar-refractivity contribution in [3.05, 3.63) is 86.4 Å². The van der Waals surface area contributed by atoms with Crippen LogP contribution in [0.4, 0.5) is 8.78 Å². The second-order valence-corrected chi connectivity index (χ2v) is 8.09. The average molecular weight is 427 g/mol. The van der Waals surface area contributed by atoms with Crippen LogP contribution >= 0.6 is 11.3 Å². The van der Waals surface area contributed by atoms with Crippen molar-refractivity contribution in [2.24, 2.45) is 5.73 Å². The SMILES string of the molecule is Cc1ncsc1C(=O)N(Cc1ccccc1C(N)=O)[C@@H]1CCc2c(F)cc(F)cc21. The number of halogens is 2. The van der Waals surface area contributed by atoms with Gasteiger partial charge in [-0.15, -0.1) is 11.3 Å². The molecule has 0 unspecified atom stereocenters. The second kappa shape index (κ2) is 7.95. The maximum Gasteiger partial charge on any atom is 0.266 e. The number of aromatic nitrogens is 1. The van der Waals surface area contributed by atoms with E-state index in [-0.39, 0.29) is 12.5 Å². The predicted molar refractivity (Wildman–Crippen MR) is 109 cm³/mol. The van der Waals surface area contributed by atoms with Crippen LogP contribution in [0.15, 0.2) is 41.9 Å². The molecule has 0 aliphatic heterocycles. The Morgan fingerprint density at radius 3 is 2.73 bits per heavy atom. The molecule has 0 radical (unpaired) electrons. The van der Waals surface area contributed by atoms with Crippen molar-refractivity contribution in [3.8, 4) is 0 Å². The topological polar surface area (TPSA) is 76.3 Å². The Labute approximate surface area is 176 Å². The van der Waals surface area contributed by atoms with Gasteiger partial charge in [-0.25, -0.2) is 13.8 Å². The number of rotatable bonds is 5. The van der Waals surface area contributed by atoms with Gasteiger partial charge in [-0.3, -0.25) is 9.59 Å². The lowest BCUT2D eigenvalue weighted by Crippen LogP contribution is -2.34. The summed E-state index contributed by atoms with van der Waals surface area (Å²) < 4.78 is 28.3. The minimum absolute atomic E-state index is 0.0809. The molecule has 4 rings (SSSR count). The number of thiazole rings is 1. The Bertz CT molecular complexity index is 1150. The van der Waals surface area contributed by atoms with E-state index in [9.17, 15) is 18.4 Å². The summed E-state index contributed by atoms with van der Waals surface area (Å²) in [4.78, 5) is 31.5. The molecule has 1 aliphatic rings. The van der Waals surface area contributed by atoms with Gasteiger partial charge in [-0.2, -0.15) is 0 Å². The molecule has 154 valence electrons. The van der Waals surface area contributed by atoms with Crippen molar-refractivity contribution in [1.82, 2.24) is 9.88 Å². The summed E-state index contributed by atoms with van der Waals surface area (Å²) in [6.07, 6.45) is 0.854. The Morgan fingerprint density at radius 1 is 1.27 bits per heavy atom. The predicted octanol–water partition coefficient (Wildman–Crippen LogP) is 4.16. The molecule has 0 saturated heterocycles. The molecule has 1 heterocycles. The maximum absolute atomic E-state index is 14.3. The summed E-state index contributed by atoms with van der Waals surface area (Å²) in [5.74, 6) is -2.18. The van der Waals surface area contributed by atoms with E-state index in [1.807, 2.05) is 0 Å². The number of nitrogens with two attached hydrogens (primary N) is 1. The highest BCUT2D eigenvalue weighted by atomic mass is 32.1. The fraction of sp³-hybridized carbons (Fsp3) is 0.227. The summed E-state index contributed by atoms with van der Waals surface area (Å²) >= 11 is 1.21. The summed E-state index contributed by atoms with van der Waals surface area (Å²) in [6.45, 7) is 1.82. The maximum atomic E-state index is 14.3. The van der Waals surface area contributed by atoms with Crippen molar-refractivity contribution >= 4 is 23.2 Å². The van der Waals surface area contributed by atoms with Crippen molar-refractivity contribution in [1.29, 1.82) is 0 Å². The first-order valence-electron chi connectivity index (χ1n) is 9.43. The third-order valence-corrected chi connectivity index (χ3v) is 6.34. The molecule has 0 spiro atoms. The molecule has 2 N–H and O–H groups in total. The van der Waals surface area contributed by atoms with Crippen LogP contribution < -0.4 is 5.73 Å². The van der Waals surface area contributed by atoms with Gasteiger partial charge in [-0.05, 0) is 48.6 Å². The molecule has 2 amide bonds. The molecule has 30 heavy (non-hydrogen) atoms. The number of fused-ring (bicyclic) bond motifs is 1. The van der Waals surface area contributed by atoms with Crippen LogP contribution in [-0.4, -0.2) is 21.7 Å². The van der Waals surface area contributed by atoms with Crippen molar-refractivity contribution < 1.29 is 18.4 Å². The van der Waals surface area contributed by atoms with E-state index in [4.69, 9.17) is 5.73 Å². The molecule has 0 bridgehead atoms. The van der Waals surface area contributed by atoms with Gasteiger partial charge in [-0.1, -0.05) is 18.2 Å². The van der Waals surface area contributed by atoms with Crippen LogP contribution in [0.1, 0.15) is 54.9 Å². The molecule has 0 fully saturated rings. The average Bonchev–Trinajstić information content (AvgIpc) is 3.32. The largest absolute Gasteiger partial charge is 0.366 e. The number of amides is 2. The second-order valence-electron chi connectivity index (χ2n) is 7.23. The molecule has 0 saturated carbocycles. The number of hydrogen-bond acceptors (Lipinski definition) is 4. The minimum Gasteiger partial charge on any atom is -0.366 e. The van der Waals surface area contributed by atoms with Crippen LogP contribution in [0.25, 0.3) is 0 Å². The summed E-state index contributed by atoms with van der Waals surface area (Å²) in [5, 5.41) is 0. The first-order chi connectivity index (χ1) is 14.4. The number of primary amides is 1. The Hall–Kier alpha value is -3.13. The van der Waals surface area contributed by atoms with Gasteiger partial charge in [0.25, 0.3) is 5.91 Å². The van der Waals surface area contributed by atoms with Crippen LogP contribution in [0, 0.1) is 18.6 Å². The lowest BCUT2D eigenvalue weighted by Gasteiger charge is -2.30. The first kappa shape index (κ1) is 20.2. The van der Waals surface area contributed by atoms with Gasteiger partial charge in [0.05, 0.1) is 17.2 Å². The van der Waals surface area contributed by atoms with Crippen LogP contribution in [0.2, 0.25) is 0 Å². The van der Waals surface area contributed by atoms with Gasteiger partial charge >= 0.3 is 0 Å². The smallest absolute Gasteiger partial charge is 0.266 e. The van der Waals surface area contributed by atoms with Crippen molar-refractivity contribution in [2.45, 2.75) is 32.4 Å². The van der Waals surface area contributed by atoms with Crippen molar-refractivity contribution in [2.75, 3.05) is 0 Å². The van der Waals surface area contributed by atoms with Crippen LogP contribution in [0.3, 0.4) is 0 Å². The zero-order valence-electron chi connectivity index (χ0n) is 16.2. The highest BCUT2D eigenvalue weighted by Gasteiger charge is 2.35. The highest BCUT2D eigenvalue weighted by Crippen LogP contribution is 2.39. The standard InChI is InChI=1S/C22H19F2N3O2S/c1-12-20(30-11-26-12)22(29)27(10-13-4-2-3-5-15(13)21(25)28)19-7-6-16-17(19)8-14(23)9-18(16)24/h2-5,8-9,11,19H,6-7,10H2,1H3,(H2,25,28)/t19-/m1/s1. The van der Waals surface area contributed by atoms with E-state index < -0.39 is 23.6 Å².